The lowest BCUT2D eigenvalue weighted by Crippen LogP contribution is -2.34. The van der Waals surface area contributed by atoms with Crippen molar-refractivity contribution in [3.8, 4) is 5.75 Å². The van der Waals surface area contributed by atoms with Crippen LogP contribution in [0.5, 0.6) is 5.75 Å². The van der Waals surface area contributed by atoms with Crippen molar-refractivity contribution in [3.05, 3.63) is 42.0 Å². The summed E-state index contributed by atoms with van der Waals surface area (Å²) in [6.07, 6.45) is 0.962. The lowest BCUT2D eigenvalue weighted by Gasteiger charge is -2.23. The molecule has 22 heavy (non-hydrogen) atoms. The topological polar surface area (TPSA) is 55.6 Å². The molecule has 1 aliphatic rings. The highest BCUT2D eigenvalue weighted by Crippen LogP contribution is 2.33. The van der Waals surface area contributed by atoms with E-state index in [9.17, 15) is 4.79 Å². The maximum Gasteiger partial charge on any atom is 0.254 e. The fourth-order valence-electron chi connectivity index (χ4n) is 3.17. The monoisotopic (exact) mass is 298 g/mol. The molecule has 2 N–H and O–H groups in total. The molecule has 0 radical (unpaired) electrons. The minimum Gasteiger partial charge on any atom is -0.496 e. The Balaban J connectivity index is 1.99. The van der Waals surface area contributed by atoms with E-state index in [1.54, 1.807) is 7.11 Å². The van der Waals surface area contributed by atoms with Crippen LogP contribution in [0.4, 0.5) is 0 Å². The van der Waals surface area contributed by atoms with Crippen LogP contribution < -0.4 is 10.5 Å². The van der Waals surface area contributed by atoms with Crippen LogP contribution >= 0.6 is 0 Å². The zero-order valence-electron chi connectivity index (χ0n) is 13.1. The molecule has 3 rings (SSSR count). The van der Waals surface area contributed by atoms with E-state index < -0.39 is 0 Å². The Kier molecular flexibility index (Phi) is 3.79. The Bertz CT molecular complexity index is 713. The molecular weight excluding hydrogens is 276 g/mol. The van der Waals surface area contributed by atoms with Gasteiger partial charge in [-0.3, -0.25) is 4.79 Å². The molecule has 0 aromatic heterocycles. The van der Waals surface area contributed by atoms with Gasteiger partial charge in [0.05, 0.1) is 7.11 Å². The SMILES string of the molecule is COc1ccc(C(=O)N2CCC(C)(CN)C2)c2ccccc12. The number of nitrogens with zero attached hydrogens (tertiary/aromatic N) is 1. The highest BCUT2D eigenvalue weighted by Gasteiger charge is 2.35. The number of benzene rings is 2. The molecule has 1 aliphatic heterocycles. The number of ether oxygens (including phenoxy) is 1. The fraction of sp³-hybridized carbons (Fsp3) is 0.389. The molecule has 0 saturated carbocycles. The summed E-state index contributed by atoms with van der Waals surface area (Å²) >= 11 is 0. The van der Waals surface area contributed by atoms with Crippen molar-refractivity contribution in [3.63, 3.8) is 0 Å². The first-order valence-corrected chi connectivity index (χ1v) is 7.63. The van der Waals surface area contributed by atoms with Gasteiger partial charge in [0.2, 0.25) is 0 Å². The predicted octanol–water partition coefficient (Wildman–Crippen LogP) is 2.66. The Hall–Kier alpha value is -2.07. The minimum atomic E-state index is 0.0396. The van der Waals surface area contributed by atoms with Crippen LogP contribution in [0, 0.1) is 5.41 Å². The predicted molar refractivity (Wildman–Crippen MR) is 88.2 cm³/mol. The van der Waals surface area contributed by atoms with Gasteiger partial charge in [0.15, 0.2) is 0 Å². The molecule has 4 heteroatoms. The van der Waals surface area contributed by atoms with Crippen LogP contribution in [0.1, 0.15) is 23.7 Å². The van der Waals surface area contributed by atoms with Gasteiger partial charge in [-0.15, -0.1) is 0 Å². The quantitative estimate of drug-likeness (QED) is 0.948. The molecule has 2 aromatic carbocycles. The van der Waals surface area contributed by atoms with E-state index in [1.807, 2.05) is 41.3 Å². The summed E-state index contributed by atoms with van der Waals surface area (Å²) in [4.78, 5) is 14.8. The normalized spacial score (nSPS) is 21.3. The van der Waals surface area contributed by atoms with E-state index in [1.165, 1.54) is 0 Å². The lowest BCUT2D eigenvalue weighted by atomic mass is 9.90. The molecule has 1 unspecified atom stereocenters. The summed E-state index contributed by atoms with van der Waals surface area (Å²) in [6, 6.07) is 11.6. The van der Waals surface area contributed by atoms with Crippen LogP contribution in [0.25, 0.3) is 10.8 Å². The minimum absolute atomic E-state index is 0.0396. The number of amides is 1. The molecule has 2 aromatic rings. The van der Waals surface area contributed by atoms with Gasteiger partial charge in [0.1, 0.15) is 5.75 Å². The largest absolute Gasteiger partial charge is 0.496 e. The van der Waals surface area contributed by atoms with Gasteiger partial charge in [-0.1, -0.05) is 31.2 Å². The van der Waals surface area contributed by atoms with E-state index in [-0.39, 0.29) is 11.3 Å². The molecule has 1 atom stereocenters. The average Bonchev–Trinajstić information content (AvgIpc) is 2.96. The second kappa shape index (κ2) is 5.61. The van der Waals surface area contributed by atoms with Crippen molar-refractivity contribution in [2.24, 2.45) is 11.1 Å². The van der Waals surface area contributed by atoms with Crippen LogP contribution in [0.3, 0.4) is 0 Å². The maximum atomic E-state index is 12.9. The zero-order valence-corrected chi connectivity index (χ0v) is 13.1. The standard InChI is InChI=1S/C18H22N2O2/c1-18(11-19)9-10-20(12-18)17(21)15-7-8-16(22-2)14-6-4-3-5-13(14)15/h3-8H,9-12,19H2,1-2H3. The van der Waals surface area contributed by atoms with Gasteiger partial charge in [0, 0.05) is 24.0 Å². The molecule has 0 spiro atoms. The van der Waals surface area contributed by atoms with Crippen LogP contribution in [-0.2, 0) is 0 Å². The fourth-order valence-corrected chi connectivity index (χ4v) is 3.17. The summed E-state index contributed by atoms with van der Waals surface area (Å²) < 4.78 is 5.40. The lowest BCUT2D eigenvalue weighted by molar-refractivity contribution is 0.0779. The van der Waals surface area contributed by atoms with Crippen molar-refractivity contribution in [1.29, 1.82) is 0 Å². The molecule has 1 fully saturated rings. The van der Waals surface area contributed by atoms with E-state index in [0.29, 0.717) is 6.54 Å². The van der Waals surface area contributed by atoms with Gasteiger partial charge >= 0.3 is 0 Å². The number of carbonyl (C=O) groups excluding carboxylic acids is 1. The average molecular weight is 298 g/mol. The number of hydrogen-bond acceptors (Lipinski definition) is 3. The van der Waals surface area contributed by atoms with Crippen LogP contribution in [-0.4, -0.2) is 37.6 Å². The van der Waals surface area contributed by atoms with Crippen molar-refractivity contribution in [2.45, 2.75) is 13.3 Å². The smallest absolute Gasteiger partial charge is 0.254 e. The second-order valence-electron chi connectivity index (χ2n) is 6.35. The first-order chi connectivity index (χ1) is 10.6. The first-order valence-electron chi connectivity index (χ1n) is 7.63. The Morgan fingerprint density at radius 2 is 2.00 bits per heavy atom. The van der Waals surface area contributed by atoms with Crippen LogP contribution in [0.15, 0.2) is 36.4 Å². The van der Waals surface area contributed by atoms with Gasteiger partial charge < -0.3 is 15.4 Å². The van der Waals surface area contributed by atoms with Gasteiger partial charge in [0.25, 0.3) is 5.91 Å². The Morgan fingerprint density at radius 3 is 2.64 bits per heavy atom. The van der Waals surface area contributed by atoms with Crippen molar-refractivity contribution < 1.29 is 9.53 Å². The first kappa shape index (κ1) is 14.9. The van der Waals surface area contributed by atoms with E-state index >= 15 is 0 Å². The van der Waals surface area contributed by atoms with Gasteiger partial charge in [-0.2, -0.15) is 0 Å². The molecular formula is C18H22N2O2. The summed E-state index contributed by atoms with van der Waals surface area (Å²) in [6.45, 7) is 4.25. The third kappa shape index (κ3) is 2.44. The maximum absolute atomic E-state index is 12.9. The molecule has 1 amide bonds. The number of carbonyl (C=O) groups is 1. The van der Waals surface area contributed by atoms with Crippen molar-refractivity contribution in [1.82, 2.24) is 4.90 Å². The molecule has 116 valence electrons. The van der Waals surface area contributed by atoms with E-state index in [4.69, 9.17) is 10.5 Å². The molecule has 1 saturated heterocycles. The molecule has 1 heterocycles. The number of likely N-dealkylation sites (tertiary alicyclic amines) is 1. The number of methoxy groups -OCH3 is 1. The van der Waals surface area contributed by atoms with Gasteiger partial charge in [-0.05, 0) is 35.9 Å². The third-order valence-electron chi connectivity index (χ3n) is 4.67. The van der Waals surface area contributed by atoms with Gasteiger partial charge in [-0.25, -0.2) is 0 Å². The number of nitrogens with two attached hydrogens (primary N) is 1. The summed E-state index contributed by atoms with van der Waals surface area (Å²) in [5.74, 6) is 0.872. The number of rotatable bonds is 3. The summed E-state index contributed by atoms with van der Waals surface area (Å²) in [7, 11) is 1.65. The van der Waals surface area contributed by atoms with Crippen LogP contribution in [0.2, 0.25) is 0 Å². The summed E-state index contributed by atoms with van der Waals surface area (Å²) in [5, 5.41) is 1.91. The second-order valence-corrected chi connectivity index (χ2v) is 6.35. The molecule has 4 nitrogen and oxygen atoms in total. The van der Waals surface area contributed by atoms with Crippen molar-refractivity contribution >= 4 is 16.7 Å². The highest BCUT2D eigenvalue weighted by atomic mass is 16.5. The molecule has 0 aliphatic carbocycles. The third-order valence-corrected chi connectivity index (χ3v) is 4.67. The molecule has 0 bridgehead atoms. The van der Waals surface area contributed by atoms with E-state index in [2.05, 4.69) is 6.92 Å². The highest BCUT2D eigenvalue weighted by molar-refractivity contribution is 6.08. The Labute approximate surface area is 130 Å². The van der Waals surface area contributed by atoms with E-state index in [0.717, 1.165) is 41.6 Å². The zero-order chi connectivity index (χ0) is 15.7. The number of fused-ring (bicyclic) bond motifs is 1. The number of hydrogen-bond donors (Lipinski definition) is 1. The summed E-state index contributed by atoms with van der Waals surface area (Å²) in [5.41, 5.74) is 6.62. The Morgan fingerprint density at radius 1 is 1.27 bits per heavy atom. The van der Waals surface area contributed by atoms with Crippen molar-refractivity contribution in [2.75, 3.05) is 26.7 Å².